The number of rotatable bonds is 9. The smallest absolute Gasteiger partial charge is 0.243 e. The van der Waals surface area contributed by atoms with Gasteiger partial charge in [-0.25, -0.2) is 8.42 Å². The third kappa shape index (κ3) is 6.30. The molecule has 170 valence electrons. The van der Waals surface area contributed by atoms with Gasteiger partial charge in [0.25, 0.3) is 0 Å². The molecule has 1 aliphatic carbocycles. The molecule has 2 fully saturated rings. The van der Waals surface area contributed by atoms with Crippen LogP contribution in [0.15, 0.2) is 34.2 Å². The second-order valence-electron chi connectivity index (χ2n) is 8.13. The first-order valence-corrected chi connectivity index (χ1v) is 12.0. The predicted octanol–water partition coefficient (Wildman–Crippen LogP) is 2.96. The van der Waals surface area contributed by atoms with E-state index in [2.05, 4.69) is 15.6 Å². The van der Waals surface area contributed by atoms with E-state index in [1.54, 1.807) is 30.6 Å². The minimum absolute atomic E-state index is 0. The summed E-state index contributed by atoms with van der Waals surface area (Å²) in [7, 11) is 0.165. The molecule has 3 rings (SSSR count). The van der Waals surface area contributed by atoms with Crippen LogP contribution in [0.2, 0.25) is 0 Å². The molecule has 1 heterocycles. The second kappa shape index (κ2) is 11.6. The number of nitrogens with one attached hydrogen (secondary N) is 2. The van der Waals surface area contributed by atoms with Crippen molar-refractivity contribution in [2.24, 2.45) is 10.4 Å². The third-order valence-electron chi connectivity index (χ3n) is 6.19. The van der Waals surface area contributed by atoms with E-state index in [0.29, 0.717) is 29.9 Å². The van der Waals surface area contributed by atoms with Gasteiger partial charge in [0.15, 0.2) is 5.96 Å². The quantitative estimate of drug-likeness (QED) is 0.281. The topological polar surface area (TPSA) is 83.0 Å². The van der Waals surface area contributed by atoms with Gasteiger partial charge in [0.2, 0.25) is 10.0 Å². The molecule has 0 atom stereocenters. The molecule has 2 aliphatic rings. The van der Waals surface area contributed by atoms with Crippen molar-refractivity contribution in [3.63, 3.8) is 0 Å². The number of halogens is 1. The lowest BCUT2D eigenvalue weighted by Crippen LogP contribution is -2.46. The molecule has 1 aromatic carbocycles. The summed E-state index contributed by atoms with van der Waals surface area (Å²) < 4.78 is 32.1. The van der Waals surface area contributed by atoms with Crippen LogP contribution in [0.5, 0.6) is 0 Å². The van der Waals surface area contributed by atoms with Crippen molar-refractivity contribution in [1.82, 2.24) is 14.9 Å². The standard InChI is InChI=1S/C21H34N4O3S.HI/c1-22-20(24-17-21(10-5-11-21)12-15-28-2)23-16-18-6-8-19(9-7-18)29(26,27)25-13-3-4-14-25;/h6-9H,3-5,10-17H2,1-2H3,(H2,22,23,24);1H. The average Bonchev–Trinajstić information content (AvgIpc) is 3.25. The number of ether oxygens (including phenoxy) is 1. The van der Waals surface area contributed by atoms with Gasteiger partial charge in [-0.05, 0) is 55.2 Å². The Bertz CT molecular complexity index is 789. The Hall–Kier alpha value is -0.910. The summed E-state index contributed by atoms with van der Waals surface area (Å²) in [5.74, 6) is 0.766. The van der Waals surface area contributed by atoms with Gasteiger partial charge in [-0.2, -0.15) is 4.31 Å². The molecule has 30 heavy (non-hydrogen) atoms. The van der Waals surface area contributed by atoms with E-state index in [9.17, 15) is 8.42 Å². The maximum atomic E-state index is 12.6. The zero-order valence-corrected chi connectivity index (χ0v) is 21.2. The van der Waals surface area contributed by atoms with Gasteiger partial charge in [0.1, 0.15) is 0 Å². The molecule has 0 spiro atoms. The molecule has 9 heteroatoms. The molecule has 1 saturated heterocycles. The minimum Gasteiger partial charge on any atom is -0.385 e. The van der Waals surface area contributed by atoms with Crippen LogP contribution >= 0.6 is 24.0 Å². The fraction of sp³-hybridized carbons (Fsp3) is 0.667. The van der Waals surface area contributed by atoms with E-state index in [-0.39, 0.29) is 24.0 Å². The Morgan fingerprint density at radius 1 is 1.13 bits per heavy atom. The van der Waals surface area contributed by atoms with Gasteiger partial charge in [-0.15, -0.1) is 24.0 Å². The molecule has 2 N–H and O–H groups in total. The van der Waals surface area contributed by atoms with Crippen molar-refractivity contribution in [3.8, 4) is 0 Å². The number of aliphatic imine (C=N–C) groups is 1. The zero-order chi connectivity index (χ0) is 20.7. The second-order valence-corrected chi connectivity index (χ2v) is 10.1. The molecule has 1 saturated carbocycles. The van der Waals surface area contributed by atoms with E-state index in [1.807, 2.05) is 12.1 Å². The zero-order valence-electron chi connectivity index (χ0n) is 18.0. The van der Waals surface area contributed by atoms with Crippen LogP contribution in [0.25, 0.3) is 0 Å². The highest BCUT2D eigenvalue weighted by molar-refractivity contribution is 14.0. The maximum Gasteiger partial charge on any atom is 0.243 e. The number of benzene rings is 1. The number of hydrogen-bond donors (Lipinski definition) is 2. The molecule has 1 aliphatic heterocycles. The lowest BCUT2D eigenvalue weighted by Gasteiger charge is -2.42. The van der Waals surface area contributed by atoms with E-state index < -0.39 is 10.0 Å². The summed E-state index contributed by atoms with van der Waals surface area (Å²) in [6.07, 6.45) is 6.70. The minimum atomic E-state index is -3.35. The highest BCUT2D eigenvalue weighted by Gasteiger charge is 2.36. The first-order valence-electron chi connectivity index (χ1n) is 10.5. The van der Waals surface area contributed by atoms with Crippen molar-refractivity contribution in [2.75, 3.05) is 40.4 Å². The molecule has 7 nitrogen and oxygen atoms in total. The van der Waals surface area contributed by atoms with Crippen LogP contribution in [0.3, 0.4) is 0 Å². The van der Waals surface area contributed by atoms with Crippen LogP contribution < -0.4 is 10.6 Å². The van der Waals surface area contributed by atoms with Crippen molar-refractivity contribution in [2.45, 2.75) is 50.0 Å². The Labute approximate surface area is 198 Å². The molecule has 1 aromatic rings. The number of hydrogen-bond acceptors (Lipinski definition) is 4. The Kier molecular flexibility index (Phi) is 9.83. The summed E-state index contributed by atoms with van der Waals surface area (Å²) in [5.41, 5.74) is 1.34. The van der Waals surface area contributed by atoms with Gasteiger partial charge in [-0.1, -0.05) is 18.6 Å². The number of nitrogens with zero attached hydrogens (tertiary/aromatic N) is 2. The fourth-order valence-corrected chi connectivity index (χ4v) is 5.56. The van der Waals surface area contributed by atoms with Crippen molar-refractivity contribution in [1.29, 1.82) is 0 Å². The van der Waals surface area contributed by atoms with Crippen LogP contribution in [0, 0.1) is 5.41 Å². The number of guanidine groups is 1. The summed E-state index contributed by atoms with van der Waals surface area (Å²) in [5, 5.41) is 6.77. The summed E-state index contributed by atoms with van der Waals surface area (Å²) in [6.45, 7) is 3.53. The fourth-order valence-electron chi connectivity index (χ4n) is 4.04. The highest BCUT2D eigenvalue weighted by atomic mass is 127. The van der Waals surface area contributed by atoms with Gasteiger partial charge in [-0.3, -0.25) is 4.99 Å². The van der Waals surface area contributed by atoms with E-state index in [0.717, 1.165) is 43.9 Å². The third-order valence-corrected chi connectivity index (χ3v) is 8.10. The van der Waals surface area contributed by atoms with Crippen molar-refractivity contribution >= 4 is 40.0 Å². The highest BCUT2D eigenvalue weighted by Crippen LogP contribution is 2.43. The predicted molar refractivity (Wildman–Crippen MR) is 131 cm³/mol. The maximum absolute atomic E-state index is 12.6. The van der Waals surface area contributed by atoms with Gasteiger partial charge < -0.3 is 15.4 Å². The molecular formula is C21H35IN4O3S. The van der Waals surface area contributed by atoms with Gasteiger partial charge in [0.05, 0.1) is 4.90 Å². The summed E-state index contributed by atoms with van der Waals surface area (Å²) >= 11 is 0. The summed E-state index contributed by atoms with van der Waals surface area (Å²) in [6, 6.07) is 7.15. The number of sulfonamides is 1. The molecular weight excluding hydrogens is 515 g/mol. The van der Waals surface area contributed by atoms with Crippen LogP contribution in [-0.2, 0) is 21.3 Å². The Balaban J connectivity index is 0.00000320. The van der Waals surface area contributed by atoms with E-state index in [4.69, 9.17) is 4.74 Å². The number of methoxy groups -OCH3 is 1. The van der Waals surface area contributed by atoms with Crippen molar-refractivity contribution in [3.05, 3.63) is 29.8 Å². The summed E-state index contributed by atoms with van der Waals surface area (Å²) in [4.78, 5) is 4.69. The molecule has 0 amide bonds. The first-order chi connectivity index (χ1) is 14.0. The Morgan fingerprint density at radius 2 is 1.80 bits per heavy atom. The average molecular weight is 551 g/mol. The monoisotopic (exact) mass is 550 g/mol. The normalized spacial score (nSPS) is 19.1. The van der Waals surface area contributed by atoms with Crippen LogP contribution in [-0.4, -0.2) is 59.1 Å². The van der Waals surface area contributed by atoms with Crippen LogP contribution in [0.1, 0.15) is 44.1 Å². The molecule has 0 bridgehead atoms. The van der Waals surface area contributed by atoms with E-state index in [1.165, 1.54) is 19.3 Å². The van der Waals surface area contributed by atoms with Crippen LogP contribution in [0.4, 0.5) is 0 Å². The molecule has 0 aromatic heterocycles. The SMILES string of the molecule is CN=C(NCc1ccc(S(=O)(=O)N2CCCC2)cc1)NCC1(CCOC)CCC1.I. The Morgan fingerprint density at radius 3 is 2.33 bits per heavy atom. The first kappa shape index (κ1) is 25.4. The van der Waals surface area contributed by atoms with Crippen molar-refractivity contribution < 1.29 is 13.2 Å². The molecule has 0 radical (unpaired) electrons. The lowest BCUT2D eigenvalue weighted by molar-refractivity contribution is 0.0732. The van der Waals surface area contributed by atoms with Gasteiger partial charge >= 0.3 is 0 Å². The van der Waals surface area contributed by atoms with Gasteiger partial charge in [0, 0.05) is 46.9 Å². The van der Waals surface area contributed by atoms with E-state index >= 15 is 0 Å². The largest absolute Gasteiger partial charge is 0.385 e. The lowest BCUT2D eigenvalue weighted by atomic mass is 9.67. The molecule has 0 unspecified atom stereocenters.